The Morgan fingerprint density at radius 1 is 1.13 bits per heavy atom. The summed E-state index contributed by atoms with van der Waals surface area (Å²) in [6, 6.07) is 11.4. The van der Waals surface area contributed by atoms with E-state index < -0.39 is 17.9 Å². The minimum atomic E-state index is -0.575. The van der Waals surface area contributed by atoms with Crippen LogP contribution >= 0.6 is 0 Å². The SMILES string of the molecule is CC(C)C[C@H]1C(=O)N[C@@H](c2ccccc2F)CN1C(=O)[C@@H]1C[C@H]1c1ccc(F)cc1. The highest BCUT2D eigenvalue weighted by atomic mass is 19.1. The zero-order valence-corrected chi connectivity index (χ0v) is 17.1. The Kier molecular flexibility index (Phi) is 5.58. The standard InChI is InChI=1S/C24H26F2N2O2/c1-14(2)11-22-23(29)27-21(17-5-3-4-6-20(17)26)13-28(22)24(30)19-12-18(19)15-7-9-16(25)10-8-15/h3-10,14,18-19,21-22H,11-13H2,1-2H3,(H,27,29)/t18-,19+,21+,22-/m0/s1. The van der Waals surface area contributed by atoms with Crippen molar-refractivity contribution in [2.75, 3.05) is 6.54 Å². The van der Waals surface area contributed by atoms with Gasteiger partial charge in [0, 0.05) is 18.0 Å². The van der Waals surface area contributed by atoms with Gasteiger partial charge in [-0.25, -0.2) is 8.78 Å². The number of hydrogen-bond acceptors (Lipinski definition) is 2. The van der Waals surface area contributed by atoms with Gasteiger partial charge < -0.3 is 10.2 Å². The average Bonchev–Trinajstić information content (AvgIpc) is 3.50. The van der Waals surface area contributed by atoms with Gasteiger partial charge in [0.15, 0.2) is 0 Å². The molecule has 1 aliphatic carbocycles. The third-order valence-electron chi connectivity index (χ3n) is 6.04. The van der Waals surface area contributed by atoms with Crippen LogP contribution in [0.15, 0.2) is 48.5 Å². The Labute approximate surface area is 175 Å². The van der Waals surface area contributed by atoms with E-state index in [1.165, 1.54) is 18.2 Å². The van der Waals surface area contributed by atoms with Gasteiger partial charge in [-0.3, -0.25) is 9.59 Å². The molecule has 30 heavy (non-hydrogen) atoms. The van der Waals surface area contributed by atoms with Crippen LogP contribution in [0.5, 0.6) is 0 Å². The Hall–Kier alpha value is -2.76. The van der Waals surface area contributed by atoms with E-state index in [9.17, 15) is 18.4 Å². The largest absolute Gasteiger partial charge is 0.346 e. The molecule has 1 heterocycles. The zero-order valence-electron chi connectivity index (χ0n) is 17.1. The van der Waals surface area contributed by atoms with Gasteiger partial charge >= 0.3 is 0 Å². The number of amides is 2. The van der Waals surface area contributed by atoms with E-state index in [2.05, 4.69) is 5.32 Å². The maximum absolute atomic E-state index is 14.3. The maximum Gasteiger partial charge on any atom is 0.243 e. The topological polar surface area (TPSA) is 49.4 Å². The van der Waals surface area contributed by atoms with E-state index in [4.69, 9.17) is 0 Å². The highest BCUT2D eigenvalue weighted by Crippen LogP contribution is 2.49. The van der Waals surface area contributed by atoms with Crippen molar-refractivity contribution in [1.29, 1.82) is 0 Å². The minimum absolute atomic E-state index is 0.0368. The van der Waals surface area contributed by atoms with Gasteiger partial charge in [0.05, 0.1) is 6.04 Å². The van der Waals surface area contributed by atoms with Gasteiger partial charge in [-0.1, -0.05) is 44.2 Å². The van der Waals surface area contributed by atoms with Crippen LogP contribution in [-0.2, 0) is 9.59 Å². The molecule has 1 saturated heterocycles. The lowest BCUT2D eigenvalue weighted by Gasteiger charge is -2.40. The summed E-state index contributed by atoms with van der Waals surface area (Å²) in [5.74, 6) is -0.977. The molecule has 0 radical (unpaired) electrons. The lowest BCUT2D eigenvalue weighted by molar-refractivity contribution is -0.146. The molecule has 2 aromatic carbocycles. The molecule has 0 unspecified atom stereocenters. The summed E-state index contributed by atoms with van der Waals surface area (Å²) in [6.45, 7) is 4.27. The number of carbonyl (C=O) groups excluding carboxylic acids is 2. The lowest BCUT2D eigenvalue weighted by Crippen LogP contribution is -2.59. The average molecular weight is 412 g/mol. The van der Waals surface area contributed by atoms with Crippen LogP contribution < -0.4 is 5.32 Å². The first-order valence-electron chi connectivity index (χ1n) is 10.5. The second-order valence-electron chi connectivity index (χ2n) is 8.72. The third-order valence-corrected chi connectivity index (χ3v) is 6.04. The van der Waals surface area contributed by atoms with E-state index in [0.29, 0.717) is 18.4 Å². The first-order valence-corrected chi connectivity index (χ1v) is 10.5. The van der Waals surface area contributed by atoms with E-state index in [1.54, 1.807) is 35.2 Å². The predicted molar refractivity (Wildman–Crippen MR) is 109 cm³/mol. The highest BCUT2D eigenvalue weighted by molar-refractivity contribution is 5.91. The Morgan fingerprint density at radius 3 is 2.50 bits per heavy atom. The summed E-state index contributed by atoms with van der Waals surface area (Å²) in [5, 5.41) is 2.91. The van der Waals surface area contributed by atoms with Crippen LogP contribution in [0.3, 0.4) is 0 Å². The fraction of sp³-hybridized carbons (Fsp3) is 0.417. The smallest absolute Gasteiger partial charge is 0.243 e. The third kappa shape index (κ3) is 4.09. The molecule has 158 valence electrons. The van der Waals surface area contributed by atoms with Gasteiger partial charge in [-0.05, 0) is 48.4 Å². The molecule has 1 N–H and O–H groups in total. The second kappa shape index (κ2) is 8.17. The summed E-state index contributed by atoms with van der Waals surface area (Å²) >= 11 is 0. The molecule has 0 spiro atoms. The van der Waals surface area contributed by atoms with Crippen LogP contribution in [0.1, 0.15) is 49.8 Å². The van der Waals surface area contributed by atoms with Crippen molar-refractivity contribution >= 4 is 11.8 Å². The molecule has 2 aromatic rings. The van der Waals surface area contributed by atoms with Crippen LogP contribution in [0.2, 0.25) is 0 Å². The number of nitrogens with one attached hydrogen (secondary N) is 1. The van der Waals surface area contributed by atoms with Crippen molar-refractivity contribution in [3.63, 3.8) is 0 Å². The van der Waals surface area contributed by atoms with Crippen molar-refractivity contribution in [2.24, 2.45) is 11.8 Å². The molecule has 2 amide bonds. The molecule has 0 aromatic heterocycles. The zero-order chi connectivity index (χ0) is 21.4. The number of benzene rings is 2. The van der Waals surface area contributed by atoms with Crippen molar-refractivity contribution in [1.82, 2.24) is 10.2 Å². The molecule has 2 aliphatic rings. The van der Waals surface area contributed by atoms with Crippen LogP contribution in [-0.4, -0.2) is 29.3 Å². The number of nitrogens with zero attached hydrogens (tertiary/aromatic N) is 1. The van der Waals surface area contributed by atoms with Crippen molar-refractivity contribution in [3.8, 4) is 0 Å². The number of rotatable bonds is 5. The summed E-state index contributed by atoms with van der Waals surface area (Å²) < 4.78 is 27.6. The van der Waals surface area contributed by atoms with E-state index in [-0.39, 0.29) is 41.9 Å². The van der Waals surface area contributed by atoms with Crippen molar-refractivity contribution in [2.45, 2.75) is 44.7 Å². The van der Waals surface area contributed by atoms with E-state index in [1.807, 2.05) is 13.8 Å². The summed E-state index contributed by atoms with van der Waals surface area (Å²) in [4.78, 5) is 27.9. The maximum atomic E-state index is 14.3. The van der Waals surface area contributed by atoms with Crippen LogP contribution in [0, 0.1) is 23.5 Å². The first-order chi connectivity index (χ1) is 14.3. The number of halogens is 2. The van der Waals surface area contributed by atoms with Crippen LogP contribution in [0.25, 0.3) is 0 Å². The van der Waals surface area contributed by atoms with E-state index in [0.717, 1.165) is 5.56 Å². The molecular formula is C24H26F2N2O2. The summed E-state index contributed by atoms with van der Waals surface area (Å²) in [5.41, 5.74) is 1.32. The minimum Gasteiger partial charge on any atom is -0.346 e. The number of carbonyl (C=O) groups is 2. The fourth-order valence-corrected chi connectivity index (χ4v) is 4.40. The number of hydrogen-bond donors (Lipinski definition) is 1. The van der Waals surface area contributed by atoms with Gasteiger partial charge in [0.25, 0.3) is 0 Å². The summed E-state index contributed by atoms with van der Waals surface area (Å²) in [6.07, 6.45) is 1.23. The molecule has 0 bridgehead atoms. The quantitative estimate of drug-likeness (QED) is 0.801. The van der Waals surface area contributed by atoms with Gasteiger partial charge in [-0.2, -0.15) is 0 Å². The molecule has 4 nitrogen and oxygen atoms in total. The normalized spacial score (nSPS) is 25.9. The van der Waals surface area contributed by atoms with Crippen molar-refractivity contribution in [3.05, 3.63) is 71.3 Å². The molecule has 1 saturated carbocycles. The monoisotopic (exact) mass is 412 g/mol. The molecule has 2 fully saturated rings. The highest BCUT2D eigenvalue weighted by Gasteiger charge is 2.49. The van der Waals surface area contributed by atoms with Gasteiger partial charge in [0.2, 0.25) is 11.8 Å². The lowest BCUT2D eigenvalue weighted by atomic mass is 9.94. The second-order valence-corrected chi connectivity index (χ2v) is 8.72. The Bertz CT molecular complexity index is 944. The fourth-order valence-electron chi connectivity index (χ4n) is 4.40. The molecular weight excluding hydrogens is 386 g/mol. The molecule has 4 rings (SSSR count). The first kappa shape index (κ1) is 20.5. The van der Waals surface area contributed by atoms with Gasteiger partial charge in [0.1, 0.15) is 17.7 Å². The molecule has 4 atom stereocenters. The molecule has 6 heteroatoms. The summed E-state index contributed by atoms with van der Waals surface area (Å²) in [7, 11) is 0. The van der Waals surface area contributed by atoms with Crippen LogP contribution in [0.4, 0.5) is 8.78 Å². The molecule has 1 aliphatic heterocycles. The predicted octanol–water partition coefficient (Wildman–Crippen LogP) is 4.18. The van der Waals surface area contributed by atoms with Crippen molar-refractivity contribution < 1.29 is 18.4 Å². The Morgan fingerprint density at radius 2 is 1.83 bits per heavy atom. The Balaban J connectivity index is 1.57. The van der Waals surface area contributed by atoms with Gasteiger partial charge in [-0.15, -0.1) is 0 Å². The number of piperazine rings is 1. The van der Waals surface area contributed by atoms with E-state index >= 15 is 0 Å².